The van der Waals surface area contributed by atoms with Gasteiger partial charge in [0.05, 0.1) is 30.5 Å². The summed E-state index contributed by atoms with van der Waals surface area (Å²) in [6.07, 6.45) is -0.101. The number of nitrogens with zero attached hydrogens (tertiary/aromatic N) is 1. The van der Waals surface area contributed by atoms with E-state index in [2.05, 4.69) is 10.6 Å². The van der Waals surface area contributed by atoms with Crippen molar-refractivity contribution in [3.8, 4) is 11.3 Å². The minimum Gasteiger partial charge on any atom is -0.374 e. The summed E-state index contributed by atoms with van der Waals surface area (Å²) in [5, 5.41) is 6.57. The Bertz CT molecular complexity index is 1050. The lowest BCUT2D eigenvalue weighted by atomic mass is 10.1. The lowest BCUT2D eigenvalue weighted by Crippen LogP contribution is -2.40. The monoisotopic (exact) mass is 399 g/mol. The molecule has 4 rings (SSSR count). The molecule has 1 fully saturated rings. The Balaban J connectivity index is 1.86. The minimum atomic E-state index is -0.771. The largest absolute Gasteiger partial charge is 0.374 e. The number of rotatable bonds is 4. The summed E-state index contributed by atoms with van der Waals surface area (Å²) in [6, 6.07) is 9.86. The average molecular weight is 399 g/mol. The van der Waals surface area contributed by atoms with Crippen molar-refractivity contribution in [3.05, 3.63) is 59.2 Å². The standard InChI is InChI=1S/C22H23F2N3O2/c1-13-3-4-19-14(7-13)10-20(27(19)12-16-11-26-5-6-29-16)21-17(23)8-15(9-18(21)24)22(28)25-2/h3-4,7-10,16,26H,5-6,11-12H2,1-2H3,(H,25,28)/t16-/m1/s1. The molecule has 0 unspecified atom stereocenters. The first kappa shape index (κ1) is 19.5. The zero-order chi connectivity index (χ0) is 20.5. The zero-order valence-electron chi connectivity index (χ0n) is 16.4. The van der Waals surface area contributed by atoms with Crippen molar-refractivity contribution in [2.24, 2.45) is 0 Å². The van der Waals surface area contributed by atoms with Crippen LogP contribution in [0.1, 0.15) is 15.9 Å². The number of fused-ring (bicyclic) bond motifs is 1. The van der Waals surface area contributed by atoms with Crippen LogP contribution >= 0.6 is 0 Å². The summed E-state index contributed by atoms with van der Waals surface area (Å²) in [4.78, 5) is 11.8. The van der Waals surface area contributed by atoms with Gasteiger partial charge in [0, 0.05) is 36.6 Å². The third-order valence-electron chi connectivity index (χ3n) is 5.23. The van der Waals surface area contributed by atoms with Crippen LogP contribution in [0.5, 0.6) is 0 Å². The third kappa shape index (κ3) is 3.75. The Labute approximate surface area is 167 Å². The molecule has 1 atom stereocenters. The first-order chi connectivity index (χ1) is 14.0. The van der Waals surface area contributed by atoms with Crippen LogP contribution in [-0.2, 0) is 11.3 Å². The van der Waals surface area contributed by atoms with E-state index in [0.717, 1.165) is 35.1 Å². The fourth-order valence-electron chi connectivity index (χ4n) is 3.83. The Morgan fingerprint density at radius 2 is 2.00 bits per heavy atom. The van der Waals surface area contributed by atoms with Gasteiger partial charge in [-0.3, -0.25) is 4.79 Å². The molecule has 29 heavy (non-hydrogen) atoms. The van der Waals surface area contributed by atoms with Crippen LogP contribution in [0, 0.1) is 18.6 Å². The van der Waals surface area contributed by atoms with Crippen molar-refractivity contribution in [2.45, 2.75) is 19.6 Å². The Morgan fingerprint density at radius 3 is 2.66 bits per heavy atom. The Morgan fingerprint density at radius 1 is 1.24 bits per heavy atom. The van der Waals surface area contributed by atoms with Gasteiger partial charge in [0.25, 0.3) is 5.91 Å². The van der Waals surface area contributed by atoms with Crippen LogP contribution in [0.25, 0.3) is 22.2 Å². The molecule has 0 bridgehead atoms. The number of nitrogens with one attached hydrogen (secondary N) is 2. The van der Waals surface area contributed by atoms with Crippen molar-refractivity contribution >= 4 is 16.8 Å². The highest BCUT2D eigenvalue weighted by Crippen LogP contribution is 2.33. The molecule has 2 aromatic carbocycles. The number of morpholine rings is 1. The summed E-state index contributed by atoms with van der Waals surface area (Å²) in [5.74, 6) is -2.08. The number of benzene rings is 2. The van der Waals surface area contributed by atoms with Crippen molar-refractivity contribution in [1.82, 2.24) is 15.2 Å². The van der Waals surface area contributed by atoms with Gasteiger partial charge in [0.1, 0.15) is 11.6 Å². The zero-order valence-corrected chi connectivity index (χ0v) is 16.4. The summed E-state index contributed by atoms with van der Waals surface area (Å²) >= 11 is 0. The van der Waals surface area contributed by atoms with Crippen LogP contribution in [0.15, 0.2) is 36.4 Å². The van der Waals surface area contributed by atoms with Gasteiger partial charge in [-0.15, -0.1) is 0 Å². The molecule has 0 spiro atoms. The number of carbonyl (C=O) groups excluding carboxylic acids is 1. The van der Waals surface area contributed by atoms with Crippen LogP contribution in [0.3, 0.4) is 0 Å². The number of carbonyl (C=O) groups is 1. The van der Waals surface area contributed by atoms with E-state index >= 15 is 0 Å². The normalized spacial score (nSPS) is 16.9. The van der Waals surface area contributed by atoms with E-state index in [1.807, 2.05) is 29.7 Å². The second-order valence-electron chi connectivity index (χ2n) is 7.29. The molecule has 2 N–H and O–H groups in total. The predicted octanol–water partition coefficient (Wildman–Crippen LogP) is 3.24. The summed E-state index contributed by atoms with van der Waals surface area (Å²) in [7, 11) is 1.42. The van der Waals surface area contributed by atoms with E-state index in [1.165, 1.54) is 7.05 Å². The first-order valence-electron chi connectivity index (χ1n) is 9.61. The number of hydrogen-bond acceptors (Lipinski definition) is 3. The number of halogens is 2. The number of amides is 1. The van der Waals surface area contributed by atoms with Crippen molar-refractivity contribution in [1.29, 1.82) is 0 Å². The quantitative estimate of drug-likeness (QED) is 0.708. The Hall–Kier alpha value is -2.77. The maximum atomic E-state index is 15.0. The average Bonchev–Trinajstić information content (AvgIpc) is 3.04. The van der Waals surface area contributed by atoms with Gasteiger partial charge in [0.15, 0.2) is 0 Å². The number of aryl methyl sites for hydroxylation is 1. The van der Waals surface area contributed by atoms with Crippen LogP contribution in [-0.4, -0.2) is 43.3 Å². The van der Waals surface area contributed by atoms with Gasteiger partial charge in [-0.1, -0.05) is 11.6 Å². The van der Waals surface area contributed by atoms with Crippen molar-refractivity contribution < 1.29 is 18.3 Å². The van der Waals surface area contributed by atoms with E-state index < -0.39 is 17.5 Å². The fourth-order valence-corrected chi connectivity index (χ4v) is 3.83. The van der Waals surface area contributed by atoms with E-state index in [9.17, 15) is 13.6 Å². The second kappa shape index (κ2) is 7.93. The molecule has 0 saturated carbocycles. The van der Waals surface area contributed by atoms with E-state index in [-0.39, 0.29) is 17.2 Å². The van der Waals surface area contributed by atoms with E-state index in [4.69, 9.17) is 4.74 Å². The predicted molar refractivity (Wildman–Crippen MR) is 108 cm³/mol. The molecule has 5 nitrogen and oxygen atoms in total. The highest BCUT2D eigenvalue weighted by atomic mass is 19.1. The van der Waals surface area contributed by atoms with Gasteiger partial charge >= 0.3 is 0 Å². The van der Waals surface area contributed by atoms with Gasteiger partial charge in [0.2, 0.25) is 0 Å². The summed E-state index contributed by atoms with van der Waals surface area (Å²) in [5.41, 5.74) is 2.18. The molecule has 152 valence electrons. The molecule has 0 aliphatic carbocycles. The van der Waals surface area contributed by atoms with Crippen LogP contribution < -0.4 is 10.6 Å². The van der Waals surface area contributed by atoms with Gasteiger partial charge in [-0.2, -0.15) is 0 Å². The number of ether oxygens (including phenoxy) is 1. The van der Waals surface area contributed by atoms with Gasteiger partial charge < -0.3 is 19.9 Å². The van der Waals surface area contributed by atoms with Gasteiger partial charge in [-0.25, -0.2) is 8.78 Å². The molecule has 1 saturated heterocycles. The number of aromatic nitrogens is 1. The lowest BCUT2D eigenvalue weighted by molar-refractivity contribution is 0.0192. The molecule has 0 radical (unpaired) electrons. The van der Waals surface area contributed by atoms with E-state index in [1.54, 1.807) is 6.07 Å². The second-order valence-corrected chi connectivity index (χ2v) is 7.29. The Kier molecular flexibility index (Phi) is 5.34. The molecular formula is C22H23F2N3O2. The van der Waals surface area contributed by atoms with Crippen LogP contribution in [0.4, 0.5) is 8.78 Å². The highest BCUT2D eigenvalue weighted by Gasteiger charge is 2.23. The molecule has 7 heteroatoms. The molecule has 3 aromatic rings. The molecule has 1 aliphatic rings. The maximum absolute atomic E-state index is 15.0. The fraction of sp³-hybridized carbons (Fsp3) is 0.318. The summed E-state index contributed by atoms with van der Waals surface area (Å²) in [6.45, 7) is 4.50. The molecule has 1 amide bonds. The minimum absolute atomic E-state index is 0.0513. The number of hydrogen-bond donors (Lipinski definition) is 2. The first-order valence-corrected chi connectivity index (χ1v) is 9.61. The highest BCUT2D eigenvalue weighted by molar-refractivity contribution is 5.95. The topological polar surface area (TPSA) is 55.3 Å². The molecule has 1 aliphatic heterocycles. The van der Waals surface area contributed by atoms with Gasteiger partial charge in [-0.05, 0) is 37.3 Å². The maximum Gasteiger partial charge on any atom is 0.251 e. The van der Waals surface area contributed by atoms with Crippen molar-refractivity contribution in [2.75, 3.05) is 26.7 Å². The SMILES string of the molecule is CNC(=O)c1cc(F)c(-c2cc3cc(C)ccc3n2C[C@H]2CNCCO2)c(F)c1. The molecule has 1 aromatic heterocycles. The van der Waals surface area contributed by atoms with E-state index in [0.29, 0.717) is 25.4 Å². The lowest BCUT2D eigenvalue weighted by Gasteiger charge is -2.25. The van der Waals surface area contributed by atoms with Crippen molar-refractivity contribution in [3.63, 3.8) is 0 Å². The third-order valence-corrected chi connectivity index (χ3v) is 5.23. The summed E-state index contributed by atoms with van der Waals surface area (Å²) < 4.78 is 37.7. The smallest absolute Gasteiger partial charge is 0.251 e. The van der Waals surface area contributed by atoms with Crippen LogP contribution in [0.2, 0.25) is 0 Å². The molecule has 2 heterocycles. The molecular weight excluding hydrogens is 376 g/mol.